The van der Waals surface area contributed by atoms with Crippen molar-refractivity contribution >= 4 is 11.5 Å². The Morgan fingerprint density at radius 2 is 2.50 bits per heavy atom. The molecule has 62 valence electrons. The summed E-state index contributed by atoms with van der Waals surface area (Å²) in [6.07, 6.45) is 0. The van der Waals surface area contributed by atoms with Crippen molar-refractivity contribution in [3.8, 4) is 5.00 Å². The van der Waals surface area contributed by atoms with Crippen molar-refractivity contribution in [1.82, 2.24) is 24.6 Å². The molecule has 0 spiro atoms. The van der Waals surface area contributed by atoms with Crippen LogP contribution in [0.15, 0.2) is 10.9 Å². The number of H-pyrrole nitrogens is 1. The number of aryl methyl sites for hydroxylation is 1. The van der Waals surface area contributed by atoms with Gasteiger partial charge in [-0.25, -0.2) is 9.89 Å². The van der Waals surface area contributed by atoms with E-state index in [-0.39, 0.29) is 5.69 Å². The topological polar surface area (TPSA) is 76.5 Å². The van der Waals surface area contributed by atoms with E-state index < -0.39 is 0 Å². The second-order valence-corrected chi connectivity index (χ2v) is 3.01. The normalized spacial score (nSPS) is 10.4. The summed E-state index contributed by atoms with van der Waals surface area (Å²) in [4.78, 5) is 11.0. The Morgan fingerprint density at radius 3 is 3.00 bits per heavy atom. The molecule has 0 saturated heterocycles. The molecule has 0 radical (unpaired) electrons. The number of aromatic nitrogens is 5. The Hall–Kier alpha value is -1.50. The summed E-state index contributed by atoms with van der Waals surface area (Å²) in [5, 5.41) is 9.80. The average Bonchev–Trinajstić information content (AvgIpc) is 2.58. The van der Waals surface area contributed by atoms with E-state index in [4.69, 9.17) is 0 Å². The monoisotopic (exact) mass is 183 g/mol. The van der Waals surface area contributed by atoms with E-state index in [1.165, 1.54) is 16.2 Å². The van der Waals surface area contributed by atoms with E-state index in [0.717, 1.165) is 5.69 Å². The fourth-order valence-corrected chi connectivity index (χ4v) is 1.50. The number of aromatic amines is 1. The van der Waals surface area contributed by atoms with Crippen LogP contribution in [-0.2, 0) is 0 Å². The summed E-state index contributed by atoms with van der Waals surface area (Å²) in [5.74, 6) is 0. The first-order chi connectivity index (χ1) is 5.77. The van der Waals surface area contributed by atoms with Crippen LogP contribution < -0.4 is 5.69 Å². The van der Waals surface area contributed by atoms with E-state index in [0.29, 0.717) is 5.00 Å². The third-order valence-electron chi connectivity index (χ3n) is 1.30. The Kier molecular flexibility index (Phi) is 1.51. The Bertz CT molecular complexity index is 440. The van der Waals surface area contributed by atoms with Crippen molar-refractivity contribution < 1.29 is 0 Å². The summed E-state index contributed by atoms with van der Waals surface area (Å²) in [6, 6.07) is 1.77. The van der Waals surface area contributed by atoms with Crippen molar-refractivity contribution in [2.45, 2.75) is 6.92 Å². The smallest absolute Gasteiger partial charge is 0.244 e. The fourth-order valence-electron chi connectivity index (χ4n) is 0.792. The molecule has 2 rings (SSSR count). The number of rotatable bonds is 1. The minimum atomic E-state index is -0.348. The molecule has 0 saturated carbocycles. The molecule has 1 N–H and O–H groups in total. The standard InChI is InChI=1S/C5H5N5OS/c1-3-2-4(12-7-3)10-5(11)6-8-9-10/h2H,1H3,(H,6,9,11). The molecule has 0 amide bonds. The molecular formula is C5H5N5OS. The van der Waals surface area contributed by atoms with Gasteiger partial charge in [-0.05, 0) is 34.9 Å². The van der Waals surface area contributed by atoms with Crippen LogP contribution >= 0.6 is 11.5 Å². The first-order valence-corrected chi connectivity index (χ1v) is 3.99. The van der Waals surface area contributed by atoms with Crippen LogP contribution in [0.2, 0.25) is 0 Å². The van der Waals surface area contributed by atoms with Gasteiger partial charge in [0, 0.05) is 0 Å². The Balaban J connectivity index is 2.58. The molecule has 2 aromatic heterocycles. The van der Waals surface area contributed by atoms with Crippen LogP contribution in [0, 0.1) is 6.92 Å². The lowest BCUT2D eigenvalue weighted by Gasteiger charge is -1.85. The van der Waals surface area contributed by atoms with Gasteiger partial charge in [-0.3, -0.25) is 0 Å². The zero-order chi connectivity index (χ0) is 8.55. The molecule has 0 atom stereocenters. The number of tetrazole rings is 1. The summed E-state index contributed by atoms with van der Waals surface area (Å²) in [6.45, 7) is 1.85. The molecule has 2 aromatic rings. The molecule has 0 aromatic carbocycles. The third kappa shape index (κ3) is 1.03. The molecule has 6 nitrogen and oxygen atoms in total. The van der Waals surface area contributed by atoms with Gasteiger partial charge in [0.1, 0.15) is 5.00 Å². The summed E-state index contributed by atoms with van der Waals surface area (Å²) < 4.78 is 5.19. The highest BCUT2D eigenvalue weighted by atomic mass is 32.1. The zero-order valence-corrected chi connectivity index (χ0v) is 7.00. The Labute approximate surface area is 71.0 Å². The van der Waals surface area contributed by atoms with Crippen LogP contribution in [-0.4, -0.2) is 24.6 Å². The highest BCUT2D eigenvalue weighted by molar-refractivity contribution is 7.08. The van der Waals surface area contributed by atoms with Crippen molar-refractivity contribution in [1.29, 1.82) is 0 Å². The first-order valence-electron chi connectivity index (χ1n) is 3.21. The molecule has 0 fully saturated rings. The first kappa shape index (κ1) is 7.17. The summed E-state index contributed by atoms with van der Waals surface area (Å²) in [5.41, 5.74) is 0.517. The number of hydrogen-bond acceptors (Lipinski definition) is 5. The van der Waals surface area contributed by atoms with Crippen LogP contribution in [0.3, 0.4) is 0 Å². The minimum absolute atomic E-state index is 0.348. The summed E-state index contributed by atoms with van der Waals surface area (Å²) in [7, 11) is 0. The van der Waals surface area contributed by atoms with E-state index >= 15 is 0 Å². The van der Waals surface area contributed by atoms with Crippen LogP contribution in [0.4, 0.5) is 0 Å². The molecule has 0 unspecified atom stereocenters. The van der Waals surface area contributed by atoms with Crippen molar-refractivity contribution in [3.63, 3.8) is 0 Å². The highest BCUT2D eigenvalue weighted by Crippen LogP contribution is 2.10. The molecule has 0 aliphatic heterocycles. The maximum atomic E-state index is 11.0. The van der Waals surface area contributed by atoms with Gasteiger partial charge in [-0.1, -0.05) is 0 Å². The lowest BCUT2D eigenvalue weighted by Crippen LogP contribution is -2.14. The average molecular weight is 183 g/mol. The van der Waals surface area contributed by atoms with Gasteiger partial charge in [0.2, 0.25) is 0 Å². The van der Waals surface area contributed by atoms with Crippen LogP contribution in [0.25, 0.3) is 5.00 Å². The van der Waals surface area contributed by atoms with E-state index in [1.54, 1.807) is 6.07 Å². The quantitative estimate of drug-likeness (QED) is 0.659. The second-order valence-electron chi connectivity index (χ2n) is 2.22. The SMILES string of the molecule is Cc1cc(-n2nn[nH]c2=O)sn1. The van der Waals surface area contributed by atoms with Crippen molar-refractivity contribution in [2.75, 3.05) is 0 Å². The molecule has 0 aliphatic rings. The predicted octanol–water partition coefficient (Wildman–Crippen LogP) is -0.279. The van der Waals surface area contributed by atoms with Gasteiger partial charge >= 0.3 is 5.69 Å². The fraction of sp³-hybridized carbons (Fsp3) is 0.200. The summed E-state index contributed by atoms with van der Waals surface area (Å²) >= 11 is 1.21. The molecule has 0 aliphatic carbocycles. The minimum Gasteiger partial charge on any atom is -0.244 e. The van der Waals surface area contributed by atoms with Gasteiger partial charge in [0.15, 0.2) is 0 Å². The number of nitrogens with one attached hydrogen (secondary N) is 1. The third-order valence-corrected chi connectivity index (χ3v) is 2.15. The highest BCUT2D eigenvalue weighted by Gasteiger charge is 2.04. The lowest BCUT2D eigenvalue weighted by atomic mass is 10.5. The lowest BCUT2D eigenvalue weighted by molar-refractivity contribution is 0.789. The maximum absolute atomic E-state index is 11.0. The van der Waals surface area contributed by atoms with E-state index in [9.17, 15) is 4.79 Å². The molecular weight excluding hydrogens is 178 g/mol. The molecule has 7 heteroatoms. The number of hydrogen-bond donors (Lipinski definition) is 1. The molecule has 0 bridgehead atoms. The molecule has 12 heavy (non-hydrogen) atoms. The van der Waals surface area contributed by atoms with Gasteiger partial charge in [0.25, 0.3) is 0 Å². The number of nitrogens with zero attached hydrogens (tertiary/aromatic N) is 4. The molecule has 2 heterocycles. The van der Waals surface area contributed by atoms with Gasteiger partial charge in [0.05, 0.1) is 5.69 Å². The van der Waals surface area contributed by atoms with E-state index in [1.807, 2.05) is 6.92 Å². The van der Waals surface area contributed by atoms with E-state index in [2.05, 4.69) is 19.9 Å². The second kappa shape index (κ2) is 2.52. The van der Waals surface area contributed by atoms with Crippen molar-refractivity contribution in [2.24, 2.45) is 0 Å². The van der Waals surface area contributed by atoms with Crippen LogP contribution in [0.1, 0.15) is 5.69 Å². The van der Waals surface area contributed by atoms with Gasteiger partial charge < -0.3 is 0 Å². The maximum Gasteiger partial charge on any atom is 0.366 e. The largest absolute Gasteiger partial charge is 0.366 e. The predicted molar refractivity (Wildman–Crippen MR) is 42.4 cm³/mol. The van der Waals surface area contributed by atoms with Gasteiger partial charge in [-0.2, -0.15) is 4.37 Å². The van der Waals surface area contributed by atoms with Gasteiger partial charge in [-0.15, -0.1) is 4.68 Å². The van der Waals surface area contributed by atoms with Crippen molar-refractivity contribution in [3.05, 3.63) is 22.2 Å². The zero-order valence-electron chi connectivity index (χ0n) is 6.18. The van der Waals surface area contributed by atoms with Crippen LogP contribution in [0.5, 0.6) is 0 Å². The Morgan fingerprint density at radius 1 is 1.67 bits per heavy atom.